The minimum atomic E-state index is -0.531. The zero-order valence-corrected chi connectivity index (χ0v) is 13.2. The van der Waals surface area contributed by atoms with Crippen LogP contribution in [0.4, 0.5) is 10.1 Å². The molecule has 0 saturated heterocycles. The first-order chi connectivity index (χ1) is 11.0. The maximum atomic E-state index is 13.2. The molecule has 2 aromatic rings. The number of benzene rings is 2. The predicted octanol–water partition coefficient (Wildman–Crippen LogP) is 4.20. The van der Waals surface area contributed by atoms with Gasteiger partial charge in [0.25, 0.3) is 5.91 Å². The highest BCUT2D eigenvalue weighted by Crippen LogP contribution is 2.33. The summed E-state index contributed by atoms with van der Waals surface area (Å²) in [7, 11) is 0. The highest BCUT2D eigenvalue weighted by Gasteiger charge is 2.17. The van der Waals surface area contributed by atoms with Gasteiger partial charge < -0.3 is 14.8 Å². The van der Waals surface area contributed by atoms with E-state index in [9.17, 15) is 9.18 Å². The van der Waals surface area contributed by atoms with Crippen LogP contribution < -0.4 is 14.8 Å². The van der Waals surface area contributed by atoms with Crippen LogP contribution in [-0.2, 0) is 0 Å². The van der Waals surface area contributed by atoms with Crippen LogP contribution >= 0.6 is 11.6 Å². The van der Waals surface area contributed by atoms with E-state index in [0.29, 0.717) is 36.0 Å². The molecular weight excluding hydrogens is 321 g/mol. The molecule has 1 aliphatic rings. The van der Waals surface area contributed by atoms with Gasteiger partial charge in [0.05, 0.1) is 18.2 Å². The normalized spacial score (nSPS) is 13.3. The first kappa shape index (κ1) is 15.6. The van der Waals surface area contributed by atoms with Crippen LogP contribution in [0.25, 0.3) is 0 Å². The van der Waals surface area contributed by atoms with Crippen LogP contribution in [0.1, 0.15) is 22.3 Å². The molecule has 0 fully saturated rings. The van der Waals surface area contributed by atoms with Gasteiger partial charge in [-0.05, 0) is 42.8 Å². The van der Waals surface area contributed by atoms with E-state index in [4.69, 9.17) is 21.1 Å². The fourth-order valence-electron chi connectivity index (χ4n) is 2.33. The Kier molecular flexibility index (Phi) is 4.39. The molecule has 0 saturated carbocycles. The second-order valence-corrected chi connectivity index (χ2v) is 5.65. The van der Waals surface area contributed by atoms with Gasteiger partial charge >= 0.3 is 0 Å². The largest absolute Gasteiger partial charge is 0.490 e. The molecule has 120 valence electrons. The van der Waals surface area contributed by atoms with Gasteiger partial charge in [0.15, 0.2) is 11.5 Å². The second-order valence-electron chi connectivity index (χ2n) is 5.25. The first-order valence-corrected chi connectivity index (χ1v) is 7.59. The topological polar surface area (TPSA) is 47.6 Å². The number of amides is 1. The summed E-state index contributed by atoms with van der Waals surface area (Å²) in [5.41, 5.74) is 1.66. The molecule has 1 heterocycles. The van der Waals surface area contributed by atoms with Crippen LogP contribution in [0.15, 0.2) is 30.3 Å². The number of rotatable bonds is 2. The summed E-state index contributed by atoms with van der Waals surface area (Å²) in [5, 5.41) is 2.66. The molecule has 1 N–H and O–H groups in total. The van der Waals surface area contributed by atoms with Crippen LogP contribution in [0.3, 0.4) is 0 Å². The van der Waals surface area contributed by atoms with E-state index in [1.165, 1.54) is 18.2 Å². The molecule has 0 aliphatic carbocycles. The van der Waals surface area contributed by atoms with Gasteiger partial charge in [-0.25, -0.2) is 4.39 Å². The smallest absolute Gasteiger partial charge is 0.256 e. The summed E-state index contributed by atoms with van der Waals surface area (Å²) < 4.78 is 24.4. The van der Waals surface area contributed by atoms with Gasteiger partial charge in [0.1, 0.15) is 5.82 Å². The van der Waals surface area contributed by atoms with Crippen LogP contribution in [0.5, 0.6) is 11.5 Å². The predicted molar refractivity (Wildman–Crippen MR) is 86.1 cm³/mol. The Morgan fingerprint density at radius 2 is 1.87 bits per heavy atom. The van der Waals surface area contributed by atoms with Crippen LogP contribution in [0, 0.1) is 12.7 Å². The Hall–Kier alpha value is -2.27. The summed E-state index contributed by atoms with van der Waals surface area (Å²) in [6, 6.07) is 7.48. The number of fused-ring (bicyclic) bond motifs is 1. The first-order valence-electron chi connectivity index (χ1n) is 7.21. The molecule has 0 bridgehead atoms. The van der Waals surface area contributed by atoms with Crippen molar-refractivity contribution in [3.05, 3.63) is 52.3 Å². The molecule has 1 amide bonds. The quantitative estimate of drug-likeness (QED) is 0.894. The Labute approximate surface area is 138 Å². The average Bonchev–Trinajstić information content (AvgIpc) is 2.74. The number of hydrogen-bond acceptors (Lipinski definition) is 3. The average molecular weight is 336 g/mol. The Bertz CT molecular complexity index is 764. The minimum Gasteiger partial charge on any atom is -0.490 e. The number of nitrogens with one attached hydrogen (secondary N) is 1. The minimum absolute atomic E-state index is 0.0433. The molecule has 2 aromatic carbocycles. The van der Waals surface area contributed by atoms with E-state index in [2.05, 4.69) is 5.32 Å². The molecule has 0 radical (unpaired) electrons. The molecule has 0 aromatic heterocycles. The molecule has 3 rings (SSSR count). The van der Waals surface area contributed by atoms with E-state index in [-0.39, 0.29) is 10.9 Å². The van der Waals surface area contributed by atoms with E-state index < -0.39 is 5.82 Å². The molecule has 23 heavy (non-hydrogen) atoms. The van der Waals surface area contributed by atoms with Crippen molar-refractivity contribution in [1.29, 1.82) is 0 Å². The lowest BCUT2D eigenvalue weighted by molar-refractivity contribution is 0.102. The molecule has 6 heteroatoms. The number of ether oxygens (including phenoxy) is 2. The molecule has 1 aliphatic heterocycles. The van der Waals surface area contributed by atoms with Crippen molar-refractivity contribution in [3.63, 3.8) is 0 Å². The maximum absolute atomic E-state index is 13.2. The third-order valence-electron chi connectivity index (χ3n) is 3.52. The third-order valence-corrected chi connectivity index (χ3v) is 3.81. The second kappa shape index (κ2) is 6.46. The van der Waals surface area contributed by atoms with E-state index in [1.54, 1.807) is 12.1 Å². The van der Waals surface area contributed by atoms with Crippen molar-refractivity contribution in [2.75, 3.05) is 18.5 Å². The van der Waals surface area contributed by atoms with Crippen LogP contribution in [0.2, 0.25) is 5.02 Å². The summed E-state index contributed by atoms with van der Waals surface area (Å²) in [6.45, 7) is 2.96. The maximum Gasteiger partial charge on any atom is 0.256 e. The lowest BCUT2D eigenvalue weighted by atomic mass is 10.1. The fourth-order valence-corrected chi connectivity index (χ4v) is 2.51. The Morgan fingerprint density at radius 3 is 2.57 bits per heavy atom. The van der Waals surface area contributed by atoms with Crippen molar-refractivity contribution in [1.82, 2.24) is 0 Å². The highest BCUT2D eigenvalue weighted by atomic mass is 35.5. The van der Waals surface area contributed by atoms with Gasteiger partial charge in [-0.2, -0.15) is 0 Å². The summed E-state index contributed by atoms with van der Waals surface area (Å²) in [6.07, 6.45) is 0.795. The fraction of sp³-hybridized carbons (Fsp3) is 0.235. The SMILES string of the molecule is Cc1cc2c(cc1C(=O)Nc1ccc(F)c(Cl)c1)OCCCO2. The van der Waals surface area contributed by atoms with Crippen LogP contribution in [-0.4, -0.2) is 19.1 Å². The van der Waals surface area contributed by atoms with Gasteiger partial charge in [0, 0.05) is 17.7 Å². The lowest BCUT2D eigenvalue weighted by Gasteiger charge is -2.13. The van der Waals surface area contributed by atoms with E-state index in [1.807, 2.05) is 6.92 Å². The van der Waals surface area contributed by atoms with Crippen molar-refractivity contribution in [2.24, 2.45) is 0 Å². The molecular formula is C17H15ClFNO3. The highest BCUT2D eigenvalue weighted by molar-refractivity contribution is 6.31. The molecule has 4 nitrogen and oxygen atoms in total. The van der Waals surface area contributed by atoms with Gasteiger partial charge in [0.2, 0.25) is 0 Å². The standard InChI is InChI=1S/C17H15ClFNO3/c1-10-7-15-16(23-6-2-5-22-15)9-12(10)17(21)20-11-3-4-14(19)13(18)8-11/h3-4,7-9H,2,5-6H2,1H3,(H,20,21). The van der Waals surface area contributed by atoms with Gasteiger partial charge in [-0.1, -0.05) is 11.6 Å². The Morgan fingerprint density at radius 1 is 1.17 bits per heavy atom. The van der Waals surface area contributed by atoms with Crippen molar-refractivity contribution in [2.45, 2.75) is 13.3 Å². The number of aryl methyl sites for hydroxylation is 1. The number of halogens is 2. The summed E-state index contributed by atoms with van der Waals surface area (Å²) in [5.74, 6) is 0.342. The van der Waals surface area contributed by atoms with Gasteiger partial charge in [-0.3, -0.25) is 4.79 Å². The van der Waals surface area contributed by atoms with E-state index >= 15 is 0 Å². The zero-order valence-electron chi connectivity index (χ0n) is 12.5. The zero-order chi connectivity index (χ0) is 16.4. The number of carbonyl (C=O) groups is 1. The van der Waals surface area contributed by atoms with E-state index in [0.717, 1.165) is 12.0 Å². The molecule has 0 unspecified atom stereocenters. The number of anilines is 1. The summed E-state index contributed by atoms with van der Waals surface area (Å²) >= 11 is 5.72. The lowest BCUT2D eigenvalue weighted by Crippen LogP contribution is -2.14. The Balaban J connectivity index is 1.87. The summed E-state index contributed by atoms with van der Waals surface area (Å²) in [4.78, 5) is 12.5. The third kappa shape index (κ3) is 3.40. The van der Waals surface area contributed by atoms with Gasteiger partial charge in [-0.15, -0.1) is 0 Å². The monoisotopic (exact) mass is 335 g/mol. The van der Waals surface area contributed by atoms with Crippen molar-refractivity contribution in [3.8, 4) is 11.5 Å². The number of hydrogen-bond donors (Lipinski definition) is 1. The van der Waals surface area contributed by atoms with Crippen molar-refractivity contribution >= 4 is 23.2 Å². The molecule has 0 atom stereocenters. The van der Waals surface area contributed by atoms with Crippen molar-refractivity contribution < 1.29 is 18.7 Å². The molecule has 0 spiro atoms. The number of carbonyl (C=O) groups excluding carboxylic acids is 1.